The molecular formula is C18H18N4O4. The molecule has 1 amide bonds. The summed E-state index contributed by atoms with van der Waals surface area (Å²) in [6.07, 6.45) is 0.651. The van der Waals surface area contributed by atoms with Gasteiger partial charge >= 0.3 is 0 Å². The van der Waals surface area contributed by atoms with Crippen LogP contribution in [0.15, 0.2) is 39.4 Å². The fourth-order valence-corrected chi connectivity index (χ4v) is 3.29. The van der Waals surface area contributed by atoms with Gasteiger partial charge < -0.3 is 19.9 Å². The zero-order chi connectivity index (χ0) is 18.3. The second-order valence-electron chi connectivity index (χ2n) is 6.54. The maximum Gasteiger partial charge on any atom is 0.271 e. The predicted molar refractivity (Wildman–Crippen MR) is 90.1 cm³/mol. The molecule has 3 aromatic rings. The molecule has 1 saturated carbocycles. The first-order valence-electron chi connectivity index (χ1n) is 8.41. The van der Waals surface area contributed by atoms with E-state index in [0.717, 1.165) is 11.1 Å². The molecule has 2 heterocycles. The van der Waals surface area contributed by atoms with Crippen molar-refractivity contribution in [1.82, 2.24) is 15.3 Å². The smallest absolute Gasteiger partial charge is 0.271 e. The van der Waals surface area contributed by atoms with Gasteiger partial charge in [0, 0.05) is 17.0 Å². The highest BCUT2D eigenvalue weighted by molar-refractivity contribution is 5.94. The molecule has 8 nitrogen and oxygen atoms in total. The number of nitrogens with two attached hydrogens (primary N) is 1. The van der Waals surface area contributed by atoms with Gasteiger partial charge in [-0.2, -0.15) is 4.98 Å². The number of rotatable bonds is 5. The van der Waals surface area contributed by atoms with Gasteiger partial charge in [0.15, 0.2) is 17.3 Å². The molecule has 3 N–H and O–H groups in total. The molecule has 1 aromatic carbocycles. The van der Waals surface area contributed by atoms with Crippen LogP contribution in [0.2, 0.25) is 0 Å². The molecule has 0 saturated heterocycles. The van der Waals surface area contributed by atoms with Gasteiger partial charge in [-0.15, -0.1) is 0 Å². The number of hydrogen-bond acceptors (Lipinski definition) is 7. The number of hydrogen-bond donors (Lipinski definition) is 2. The van der Waals surface area contributed by atoms with E-state index in [2.05, 4.69) is 15.3 Å². The zero-order valence-electron chi connectivity index (χ0n) is 14.1. The number of aliphatic hydroxyl groups is 1. The third kappa shape index (κ3) is 2.78. The normalized spacial score (nSPS) is 20.5. The van der Waals surface area contributed by atoms with E-state index in [1.807, 2.05) is 30.3 Å². The third-order valence-electron chi connectivity index (χ3n) is 4.72. The van der Waals surface area contributed by atoms with Gasteiger partial charge in [0.2, 0.25) is 5.89 Å². The van der Waals surface area contributed by atoms with Crippen LogP contribution in [0.4, 0.5) is 0 Å². The minimum atomic E-state index is -0.771. The first kappa shape index (κ1) is 16.5. The number of aromatic nitrogens is 3. The fourth-order valence-electron chi connectivity index (χ4n) is 3.29. The Morgan fingerprint density at radius 3 is 2.54 bits per heavy atom. The van der Waals surface area contributed by atoms with Crippen molar-refractivity contribution < 1.29 is 18.9 Å². The molecule has 1 aliphatic rings. The number of benzene rings is 1. The summed E-state index contributed by atoms with van der Waals surface area (Å²) in [5.41, 5.74) is 7.22. The topological polar surface area (TPSA) is 128 Å². The van der Waals surface area contributed by atoms with Crippen LogP contribution in [0.25, 0.3) is 11.3 Å². The highest BCUT2D eigenvalue weighted by Gasteiger charge is 2.40. The summed E-state index contributed by atoms with van der Waals surface area (Å²) in [7, 11) is 0. The zero-order valence-corrected chi connectivity index (χ0v) is 14.1. The number of aliphatic hydroxyl groups excluding tert-OH is 1. The van der Waals surface area contributed by atoms with Gasteiger partial charge in [-0.25, -0.2) is 0 Å². The van der Waals surface area contributed by atoms with Crippen molar-refractivity contribution in [2.45, 2.75) is 37.7 Å². The monoisotopic (exact) mass is 354 g/mol. The molecule has 1 atom stereocenters. The highest BCUT2D eigenvalue weighted by Crippen LogP contribution is 2.50. The Labute approximate surface area is 149 Å². The van der Waals surface area contributed by atoms with E-state index < -0.39 is 12.0 Å². The lowest BCUT2D eigenvalue weighted by Gasteiger charge is -2.32. The summed E-state index contributed by atoms with van der Waals surface area (Å²) < 4.78 is 10.7. The first-order valence-corrected chi connectivity index (χ1v) is 8.41. The van der Waals surface area contributed by atoms with E-state index in [1.165, 1.54) is 0 Å². The summed E-state index contributed by atoms with van der Waals surface area (Å²) >= 11 is 0. The summed E-state index contributed by atoms with van der Waals surface area (Å²) in [5, 5.41) is 17.2. The summed E-state index contributed by atoms with van der Waals surface area (Å²) in [6.45, 7) is 1.58. The van der Waals surface area contributed by atoms with Crippen LogP contribution >= 0.6 is 0 Å². The molecule has 4 rings (SSSR count). The van der Waals surface area contributed by atoms with E-state index in [4.69, 9.17) is 14.8 Å². The minimum Gasteiger partial charge on any atom is -0.385 e. The fraction of sp³-hybridized carbons (Fsp3) is 0.333. The molecule has 26 heavy (non-hydrogen) atoms. The second kappa shape index (κ2) is 6.38. The van der Waals surface area contributed by atoms with Crippen molar-refractivity contribution in [3.05, 3.63) is 53.3 Å². The Kier molecular flexibility index (Phi) is 4.04. The standard InChI is InChI=1S/C18H18N4O4/c1-9(23)17-20-18(26-22-17)12-7-11(8-12)13-14(16(19)24)21-25-15(13)10-5-3-2-4-6-10/h2-6,9,11-12,23H,7-8H2,1H3,(H2,19,24). The lowest BCUT2D eigenvalue weighted by Crippen LogP contribution is -2.24. The van der Waals surface area contributed by atoms with Gasteiger partial charge in [-0.3, -0.25) is 4.79 Å². The lowest BCUT2D eigenvalue weighted by atomic mass is 9.70. The van der Waals surface area contributed by atoms with Gasteiger partial charge in [0.25, 0.3) is 5.91 Å². The van der Waals surface area contributed by atoms with Crippen molar-refractivity contribution in [2.24, 2.45) is 5.73 Å². The SMILES string of the molecule is CC(O)c1noc(C2CC(c3c(C(N)=O)noc3-c3ccccc3)C2)n1. The van der Waals surface area contributed by atoms with Gasteiger partial charge in [0.05, 0.1) is 0 Å². The van der Waals surface area contributed by atoms with Crippen molar-refractivity contribution in [3.63, 3.8) is 0 Å². The van der Waals surface area contributed by atoms with E-state index in [-0.39, 0.29) is 23.4 Å². The van der Waals surface area contributed by atoms with Crippen LogP contribution in [0.5, 0.6) is 0 Å². The number of carbonyl (C=O) groups is 1. The average Bonchev–Trinajstić information content (AvgIpc) is 3.22. The van der Waals surface area contributed by atoms with Crippen LogP contribution in [0, 0.1) is 0 Å². The van der Waals surface area contributed by atoms with E-state index in [9.17, 15) is 9.90 Å². The van der Waals surface area contributed by atoms with E-state index >= 15 is 0 Å². The van der Waals surface area contributed by atoms with Crippen LogP contribution in [-0.4, -0.2) is 26.3 Å². The minimum absolute atomic E-state index is 0.0610. The molecule has 1 fully saturated rings. The maximum atomic E-state index is 11.8. The number of primary amides is 1. The van der Waals surface area contributed by atoms with Crippen LogP contribution in [0.3, 0.4) is 0 Å². The highest BCUT2D eigenvalue weighted by atomic mass is 16.5. The Morgan fingerprint density at radius 1 is 1.19 bits per heavy atom. The molecule has 0 bridgehead atoms. The van der Waals surface area contributed by atoms with Gasteiger partial charge in [0.1, 0.15) is 6.10 Å². The molecule has 2 aromatic heterocycles. The molecule has 0 spiro atoms. The number of nitrogens with zero attached hydrogens (tertiary/aromatic N) is 3. The second-order valence-corrected chi connectivity index (χ2v) is 6.54. The molecule has 8 heteroatoms. The molecular weight excluding hydrogens is 336 g/mol. The predicted octanol–water partition coefficient (Wildman–Crippen LogP) is 2.54. The summed E-state index contributed by atoms with van der Waals surface area (Å²) in [4.78, 5) is 16.0. The quantitative estimate of drug-likeness (QED) is 0.720. The van der Waals surface area contributed by atoms with Gasteiger partial charge in [-0.1, -0.05) is 40.6 Å². The first-order chi connectivity index (χ1) is 12.5. The van der Waals surface area contributed by atoms with E-state index in [0.29, 0.717) is 24.5 Å². The summed E-state index contributed by atoms with van der Waals surface area (Å²) in [6, 6.07) is 9.50. The van der Waals surface area contributed by atoms with Crippen molar-refractivity contribution in [1.29, 1.82) is 0 Å². The Bertz CT molecular complexity index is 926. The molecule has 1 aliphatic carbocycles. The Balaban J connectivity index is 1.60. The Hall–Kier alpha value is -3.00. The largest absolute Gasteiger partial charge is 0.385 e. The number of carbonyl (C=O) groups excluding carboxylic acids is 1. The molecule has 0 radical (unpaired) electrons. The van der Waals surface area contributed by atoms with Gasteiger partial charge in [-0.05, 0) is 25.7 Å². The molecule has 0 aliphatic heterocycles. The van der Waals surface area contributed by atoms with Crippen molar-refractivity contribution in [3.8, 4) is 11.3 Å². The van der Waals surface area contributed by atoms with E-state index in [1.54, 1.807) is 6.92 Å². The third-order valence-corrected chi connectivity index (χ3v) is 4.72. The number of amides is 1. The van der Waals surface area contributed by atoms with Crippen LogP contribution < -0.4 is 5.73 Å². The summed E-state index contributed by atoms with van der Waals surface area (Å²) in [5.74, 6) is 0.860. The van der Waals surface area contributed by atoms with Crippen molar-refractivity contribution in [2.75, 3.05) is 0 Å². The Morgan fingerprint density at radius 2 is 1.92 bits per heavy atom. The average molecular weight is 354 g/mol. The lowest BCUT2D eigenvalue weighted by molar-refractivity contribution is 0.0989. The van der Waals surface area contributed by atoms with Crippen LogP contribution in [0.1, 0.15) is 65.5 Å². The molecule has 1 unspecified atom stereocenters. The van der Waals surface area contributed by atoms with Crippen LogP contribution in [-0.2, 0) is 0 Å². The maximum absolute atomic E-state index is 11.8. The van der Waals surface area contributed by atoms with Crippen molar-refractivity contribution >= 4 is 5.91 Å². The molecule has 134 valence electrons.